The Kier molecular flexibility index (Phi) is 6.63. The number of rotatable bonds is 7. The number of hydrogen-bond acceptors (Lipinski definition) is 4. The van der Waals surface area contributed by atoms with Crippen molar-refractivity contribution < 1.29 is 18.0 Å². The largest absolute Gasteiger partial charge is 0.349 e. The third-order valence-electron chi connectivity index (χ3n) is 5.42. The number of halogens is 1. The fraction of sp³-hybridized carbons (Fsp3) is 0.200. The van der Waals surface area contributed by atoms with Gasteiger partial charge in [0, 0.05) is 23.0 Å². The van der Waals surface area contributed by atoms with Gasteiger partial charge < -0.3 is 10.6 Å². The summed E-state index contributed by atoms with van der Waals surface area (Å²) >= 11 is 6.23. The molecule has 0 aromatic heterocycles. The summed E-state index contributed by atoms with van der Waals surface area (Å²) in [5.74, 6) is -0.785. The van der Waals surface area contributed by atoms with E-state index in [0.717, 1.165) is 24.0 Å². The average Bonchev–Trinajstić information content (AvgIpc) is 3.59. The molecule has 176 valence electrons. The lowest BCUT2D eigenvalue weighted by Crippen LogP contribution is -2.25. The zero-order chi connectivity index (χ0) is 24.5. The van der Waals surface area contributed by atoms with Crippen LogP contribution in [0.2, 0.25) is 5.02 Å². The summed E-state index contributed by atoms with van der Waals surface area (Å²) in [7, 11) is -3.95. The third kappa shape index (κ3) is 5.58. The maximum Gasteiger partial charge on any atom is 0.261 e. The molecular formula is C25H24ClN3O4S. The SMILES string of the molecule is Cc1cccc(NS(=O)(=O)c2ccc(Cl)c(C(=O)Nc3cc(C(=O)NC4CC4)ccc3C)c2)c1. The van der Waals surface area contributed by atoms with Crippen molar-refractivity contribution >= 4 is 44.8 Å². The zero-order valence-corrected chi connectivity index (χ0v) is 20.3. The van der Waals surface area contributed by atoms with Crippen molar-refractivity contribution in [2.24, 2.45) is 0 Å². The Morgan fingerprint density at radius 3 is 2.41 bits per heavy atom. The number of carbonyl (C=O) groups is 2. The molecule has 9 heteroatoms. The Bertz CT molecular complexity index is 1380. The van der Waals surface area contributed by atoms with Gasteiger partial charge in [-0.1, -0.05) is 29.8 Å². The molecule has 7 nitrogen and oxygen atoms in total. The number of sulfonamides is 1. The van der Waals surface area contributed by atoms with Crippen LogP contribution in [0.15, 0.2) is 65.6 Å². The van der Waals surface area contributed by atoms with E-state index in [1.807, 2.05) is 13.0 Å². The van der Waals surface area contributed by atoms with Crippen LogP contribution in [0.4, 0.5) is 11.4 Å². The summed E-state index contributed by atoms with van der Waals surface area (Å²) in [6.45, 7) is 3.65. The second kappa shape index (κ2) is 9.48. The molecule has 1 saturated carbocycles. The van der Waals surface area contributed by atoms with Gasteiger partial charge in [0.1, 0.15) is 0 Å². The van der Waals surface area contributed by atoms with Crippen LogP contribution in [0.5, 0.6) is 0 Å². The third-order valence-corrected chi connectivity index (χ3v) is 7.13. The molecule has 0 saturated heterocycles. The number of hydrogen-bond donors (Lipinski definition) is 3. The Hall–Kier alpha value is -3.36. The highest BCUT2D eigenvalue weighted by Gasteiger charge is 2.24. The van der Waals surface area contributed by atoms with E-state index in [1.54, 1.807) is 43.3 Å². The lowest BCUT2D eigenvalue weighted by Gasteiger charge is -2.13. The lowest BCUT2D eigenvalue weighted by atomic mass is 10.1. The van der Waals surface area contributed by atoms with Crippen LogP contribution >= 0.6 is 11.6 Å². The fourth-order valence-corrected chi connectivity index (χ4v) is 4.63. The van der Waals surface area contributed by atoms with E-state index in [9.17, 15) is 18.0 Å². The van der Waals surface area contributed by atoms with Gasteiger partial charge in [-0.2, -0.15) is 0 Å². The molecule has 0 atom stereocenters. The Morgan fingerprint density at radius 2 is 1.71 bits per heavy atom. The summed E-state index contributed by atoms with van der Waals surface area (Å²) in [5.41, 5.74) is 2.93. The smallest absolute Gasteiger partial charge is 0.261 e. The Morgan fingerprint density at radius 1 is 0.941 bits per heavy atom. The van der Waals surface area contributed by atoms with Crippen molar-refractivity contribution in [1.29, 1.82) is 0 Å². The summed E-state index contributed by atoms with van der Waals surface area (Å²) < 4.78 is 28.3. The van der Waals surface area contributed by atoms with Crippen molar-refractivity contribution in [2.45, 2.75) is 37.6 Å². The maximum absolute atomic E-state index is 13.0. The second-order valence-corrected chi connectivity index (χ2v) is 10.4. The highest BCUT2D eigenvalue weighted by Crippen LogP contribution is 2.26. The molecular weight excluding hydrogens is 474 g/mol. The molecule has 0 bridgehead atoms. The number of aryl methyl sites for hydroxylation is 2. The van der Waals surface area contributed by atoms with E-state index in [1.165, 1.54) is 18.2 Å². The average molecular weight is 498 g/mol. The predicted octanol–water partition coefficient (Wildman–Crippen LogP) is 4.90. The van der Waals surface area contributed by atoms with Crippen molar-refractivity contribution in [2.75, 3.05) is 10.0 Å². The monoisotopic (exact) mass is 497 g/mol. The summed E-state index contributed by atoms with van der Waals surface area (Å²) in [6, 6.07) is 16.1. The molecule has 2 amide bonds. The second-order valence-electron chi connectivity index (χ2n) is 8.35. The molecule has 34 heavy (non-hydrogen) atoms. The first-order valence-electron chi connectivity index (χ1n) is 10.7. The quantitative estimate of drug-likeness (QED) is 0.431. The van der Waals surface area contributed by atoms with Gasteiger partial charge in [0.25, 0.3) is 21.8 Å². The standard InChI is InChI=1S/C25H24ClN3O4S/c1-15-4-3-5-19(12-15)29-34(32,33)20-10-11-22(26)21(14-20)25(31)28-23-13-17(7-6-16(23)2)24(30)27-18-8-9-18/h3-7,10-14,18,29H,8-9H2,1-2H3,(H,27,30)(H,28,31). The molecule has 3 aromatic rings. The van der Waals surface area contributed by atoms with Gasteiger partial charge in [-0.05, 0) is 80.3 Å². The zero-order valence-electron chi connectivity index (χ0n) is 18.7. The molecule has 0 spiro atoms. The van der Waals surface area contributed by atoms with Crippen molar-refractivity contribution in [3.05, 3.63) is 87.9 Å². The molecule has 1 aliphatic rings. The van der Waals surface area contributed by atoms with E-state index in [4.69, 9.17) is 11.6 Å². The van der Waals surface area contributed by atoms with Gasteiger partial charge in [0.2, 0.25) is 0 Å². The Labute approximate surface area is 203 Å². The summed E-state index contributed by atoms with van der Waals surface area (Å²) in [6.07, 6.45) is 1.94. The summed E-state index contributed by atoms with van der Waals surface area (Å²) in [5, 5.41) is 5.76. The van der Waals surface area contributed by atoms with Crippen LogP contribution in [0.3, 0.4) is 0 Å². The number of amides is 2. The molecule has 3 N–H and O–H groups in total. The molecule has 3 aromatic carbocycles. The molecule has 0 unspecified atom stereocenters. The fourth-order valence-electron chi connectivity index (χ4n) is 3.35. The molecule has 0 radical (unpaired) electrons. The van der Waals surface area contributed by atoms with E-state index in [2.05, 4.69) is 15.4 Å². The number of nitrogens with one attached hydrogen (secondary N) is 3. The van der Waals surface area contributed by atoms with Crippen molar-refractivity contribution in [1.82, 2.24) is 5.32 Å². The van der Waals surface area contributed by atoms with Crippen LogP contribution in [0.25, 0.3) is 0 Å². The molecule has 4 rings (SSSR count). The first-order valence-corrected chi connectivity index (χ1v) is 12.6. The highest BCUT2D eigenvalue weighted by atomic mass is 35.5. The van der Waals surface area contributed by atoms with E-state index in [0.29, 0.717) is 16.9 Å². The van der Waals surface area contributed by atoms with Crippen LogP contribution < -0.4 is 15.4 Å². The Balaban J connectivity index is 1.57. The van der Waals surface area contributed by atoms with Gasteiger partial charge in [-0.3, -0.25) is 14.3 Å². The van der Waals surface area contributed by atoms with Crippen molar-refractivity contribution in [3.8, 4) is 0 Å². The summed E-state index contributed by atoms with van der Waals surface area (Å²) in [4.78, 5) is 25.3. The van der Waals surface area contributed by atoms with E-state index >= 15 is 0 Å². The minimum atomic E-state index is -3.95. The maximum atomic E-state index is 13.0. The van der Waals surface area contributed by atoms with Gasteiger partial charge in [0.05, 0.1) is 15.5 Å². The van der Waals surface area contributed by atoms with Crippen molar-refractivity contribution in [3.63, 3.8) is 0 Å². The van der Waals surface area contributed by atoms with Gasteiger partial charge >= 0.3 is 0 Å². The minimum absolute atomic E-state index is 0.000943. The highest BCUT2D eigenvalue weighted by molar-refractivity contribution is 7.92. The normalized spacial score (nSPS) is 13.3. The molecule has 1 fully saturated rings. The van der Waals surface area contributed by atoms with E-state index < -0.39 is 15.9 Å². The van der Waals surface area contributed by atoms with Gasteiger partial charge in [-0.15, -0.1) is 0 Å². The number of anilines is 2. The number of benzene rings is 3. The molecule has 1 aliphatic carbocycles. The van der Waals surface area contributed by atoms with Gasteiger partial charge in [0.15, 0.2) is 0 Å². The molecule has 0 aliphatic heterocycles. The first-order chi connectivity index (χ1) is 16.1. The van der Waals surface area contributed by atoms with Crippen LogP contribution in [-0.4, -0.2) is 26.3 Å². The van der Waals surface area contributed by atoms with Gasteiger partial charge in [-0.25, -0.2) is 8.42 Å². The van der Waals surface area contributed by atoms with Crippen LogP contribution in [-0.2, 0) is 10.0 Å². The molecule has 0 heterocycles. The lowest BCUT2D eigenvalue weighted by molar-refractivity contribution is 0.0949. The van der Waals surface area contributed by atoms with E-state index in [-0.39, 0.29) is 27.4 Å². The topological polar surface area (TPSA) is 104 Å². The predicted molar refractivity (Wildman–Crippen MR) is 133 cm³/mol. The first kappa shape index (κ1) is 23.8. The van der Waals surface area contributed by atoms with Crippen LogP contribution in [0, 0.1) is 13.8 Å². The van der Waals surface area contributed by atoms with Crippen LogP contribution in [0.1, 0.15) is 44.7 Å². The minimum Gasteiger partial charge on any atom is -0.349 e. The number of carbonyl (C=O) groups excluding carboxylic acids is 2.